The van der Waals surface area contributed by atoms with Crippen LogP contribution in [0.3, 0.4) is 0 Å². The quantitative estimate of drug-likeness (QED) is 0.520. The number of amides is 3. The number of anilines is 2. The van der Waals surface area contributed by atoms with Crippen molar-refractivity contribution in [1.82, 2.24) is 0 Å². The smallest absolute Gasteiger partial charge is 0.257 e. The molecular formula is C30H28N2O3. The average molecular weight is 465 g/mol. The van der Waals surface area contributed by atoms with Gasteiger partial charge in [-0.3, -0.25) is 14.4 Å². The van der Waals surface area contributed by atoms with E-state index in [0.717, 1.165) is 29.7 Å². The molecule has 2 bridgehead atoms. The Kier molecular flexibility index (Phi) is 5.10. The molecule has 1 aliphatic heterocycles. The van der Waals surface area contributed by atoms with Crippen molar-refractivity contribution in [1.29, 1.82) is 0 Å². The fraction of sp³-hybridized carbons (Fsp3) is 0.300. The Bertz CT molecular complexity index is 1350. The van der Waals surface area contributed by atoms with Crippen LogP contribution in [0.4, 0.5) is 11.4 Å². The highest BCUT2D eigenvalue weighted by Crippen LogP contribution is 2.62. The van der Waals surface area contributed by atoms with Crippen molar-refractivity contribution in [3.8, 4) is 0 Å². The van der Waals surface area contributed by atoms with Crippen molar-refractivity contribution >= 4 is 29.1 Å². The third-order valence-electron chi connectivity index (χ3n) is 8.49. The minimum atomic E-state index is -0.322. The molecule has 1 N–H and O–H groups in total. The fourth-order valence-electron chi connectivity index (χ4n) is 6.72. The van der Waals surface area contributed by atoms with Gasteiger partial charge in [0.05, 0.1) is 23.1 Å². The summed E-state index contributed by atoms with van der Waals surface area (Å²) in [4.78, 5) is 42.0. The topological polar surface area (TPSA) is 66.5 Å². The van der Waals surface area contributed by atoms with Gasteiger partial charge in [-0.25, -0.2) is 4.90 Å². The Morgan fingerprint density at radius 3 is 2.34 bits per heavy atom. The molecule has 5 nitrogen and oxygen atoms in total. The molecular weight excluding hydrogens is 436 g/mol. The molecule has 6 rings (SSSR count). The summed E-state index contributed by atoms with van der Waals surface area (Å²) < 4.78 is 0. The predicted octanol–water partition coefficient (Wildman–Crippen LogP) is 5.48. The van der Waals surface area contributed by atoms with Crippen LogP contribution in [0, 0.1) is 37.5 Å². The van der Waals surface area contributed by atoms with Gasteiger partial charge in [-0.1, -0.05) is 54.6 Å². The van der Waals surface area contributed by atoms with Crippen molar-refractivity contribution in [2.45, 2.75) is 32.6 Å². The standard InChI is InChI=1S/C30H28N2O3/c1-17-9-8-13-24(18(17)2)31-28(33)21-12-6-7-14-25(21)32-29(34)26-20-15-22(19-10-4-3-5-11-19)23(16-20)27(26)30(32)35/h3-14,20,22-23,26-27H,15-16H2,1-2H3,(H,31,33)/t20-,22-,23+,26+,27-/m0/s1. The van der Waals surface area contributed by atoms with Crippen LogP contribution in [0.2, 0.25) is 0 Å². The molecule has 0 unspecified atom stereocenters. The van der Waals surface area contributed by atoms with Crippen LogP contribution < -0.4 is 10.2 Å². The molecule has 3 aromatic rings. The molecule has 176 valence electrons. The number of nitrogens with zero attached hydrogens (tertiary/aromatic N) is 1. The lowest BCUT2D eigenvalue weighted by Gasteiger charge is -2.28. The number of para-hydroxylation sites is 1. The lowest BCUT2D eigenvalue weighted by molar-refractivity contribution is -0.123. The van der Waals surface area contributed by atoms with E-state index in [-0.39, 0.29) is 41.4 Å². The molecule has 3 aromatic carbocycles. The molecule has 0 aromatic heterocycles. The number of carbonyl (C=O) groups is 3. The number of nitrogens with one attached hydrogen (secondary N) is 1. The normalized spacial score (nSPS) is 26.8. The highest BCUT2D eigenvalue weighted by molar-refractivity contribution is 6.25. The van der Waals surface area contributed by atoms with E-state index in [1.807, 2.05) is 50.2 Å². The average Bonchev–Trinajstić information content (AvgIpc) is 3.54. The van der Waals surface area contributed by atoms with Crippen molar-refractivity contribution < 1.29 is 14.4 Å². The lowest BCUT2D eigenvalue weighted by Crippen LogP contribution is -2.34. The van der Waals surface area contributed by atoms with E-state index >= 15 is 0 Å². The predicted molar refractivity (Wildman–Crippen MR) is 135 cm³/mol. The first-order chi connectivity index (χ1) is 17.0. The summed E-state index contributed by atoms with van der Waals surface area (Å²) in [7, 11) is 0. The second kappa shape index (κ2) is 8.19. The molecule has 35 heavy (non-hydrogen) atoms. The van der Waals surface area contributed by atoms with Gasteiger partial charge in [-0.15, -0.1) is 0 Å². The van der Waals surface area contributed by atoms with E-state index < -0.39 is 0 Å². The van der Waals surface area contributed by atoms with Gasteiger partial charge in [-0.2, -0.15) is 0 Å². The number of hydrogen-bond acceptors (Lipinski definition) is 3. The molecule has 5 heteroatoms. The van der Waals surface area contributed by atoms with Crippen LogP contribution in [-0.2, 0) is 9.59 Å². The third-order valence-corrected chi connectivity index (χ3v) is 8.49. The monoisotopic (exact) mass is 464 g/mol. The first kappa shape index (κ1) is 21.8. The number of carbonyl (C=O) groups excluding carboxylic acids is 3. The van der Waals surface area contributed by atoms with Crippen molar-refractivity contribution in [2.75, 3.05) is 10.2 Å². The van der Waals surface area contributed by atoms with E-state index in [1.54, 1.807) is 24.3 Å². The van der Waals surface area contributed by atoms with Crippen LogP contribution in [0.1, 0.15) is 45.8 Å². The van der Waals surface area contributed by atoms with Crippen molar-refractivity contribution in [3.63, 3.8) is 0 Å². The second-order valence-corrected chi connectivity index (χ2v) is 10.2. The second-order valence-electron chi connectivity index (χ2n) is 10.2. The number of rotatable bonds is 4. The van der Waals surface area contributed by atoms with Crippen molar-refractivity contribution in [2.24, 2.45) is 23.7 Å². The molecule has 2 aliphatic carbocycles. The van der Waals surface area contributed by atoms with Crippen LogP contribution >= 0.6 is 0 Å². The van der Waals surface area contributed by atoms with E-state index in [1.165, 1.54) is 10.5 Å². The zero-order chi connectivity index (χ0) is 24.3. The summed E-state index contributed by atoms with van der Waals surface area (Å²) >= 11 is 0. The Morgan fingerprint density at radius 2 is 1.54 bits per heavy atom. The zero-order valence-corrected chi connectivity index (χ0v) is 19.9. The van der Waals surface area contributed by atoms with E-state index in [2.05, 4.69) is 17.4 Å². The van der Waals surface area contributed by atoms with Gasteiger partial charge in [0.1, 0.15) is 0 Å². The Hall–Kier alpha value is -3.73. The summed E-state index contributed by atoms with van der Waals surface area (Å²) in [5.41, 5.74) is 4.77. The van der Waals surface area contributed by atoms with Gasteiger partial charge in [0, 0.05) is 5.69 Å². The lowest BCUT2D eigenvalue weighted by atomic mass is 9.73. The van der Waals surface area contributed by atoms with Crippen LogP contribution in [0.5, 0.6) is 0 Å². The number of aryl methyl sites for hydroxylation is 1. The molecule has 0 radical (unpaired) electrons. The zero-order valence-electron chi connectivity index (χ0n) is 19.9. The highest BCUT2D eigenvalue weighted by Gasteiger charge is 2.64. The summed E-state index contributed by atoms with van der Waals surface area (Å²) in [6.45, 7) is 3.96. The largest absolute Gasteiger partial charge is 0.322 e. The Balaban J connectivity index is 1.31. The van der Waals surface area contributed by atoms with Gasteiger partial charge in [0.15, 0.2) is 0 Å². The molecule has 5 atom stereocenters. The number of fused-ring (bicyclic) bond motifs is 5. The summed E-state index contributed by atoms with van der Waals surface area (Å²) in [5.74, 6) is -0.508. The fourth-order valence-corrected chi connectivity index (χ4v) is 6.72. The Morgan fingerprint density at radius 1 is 0.829 bits per heavy atom. The van der Waals surface area contributed by atoms with Crippen LogP contribution in [-0.4, -0.2) is 17.7 Å². The number of imide groups is 1. The molecule has 3 amide bonds. The van der Waals surface area contributed by atoms with E-state index in [9.17, 15) is 14.4 Å². The first-order valence-electron chi connectivity index (χ1n) is 12.3. The maximum Gasteiger partial charge on any atom is 0.257 e. The molecule has 0 spiro atoms. The van der Waals surface area contributed by atoms with Gasteiger partial charge in [0.25, 0.3) is 5.91 Å². The Labute approximate surface area is 205 Å². The van der Waals surface area contributed by atoms with Gasteiger partial charge < -0.3 is 5.32 Å². The molecule has 1 heterocycles. The van der Waals surface area contributed by atoms with Gasteiger partial charge in [0.2, 0.25) is 11.8 Å². The molecule has 3 fully saturated rings. The van der Waals surface area contributed by atoms with Crippen LogP contribution in [0.25, 0.3) is 0 Å². The summed E-state index contributed by atoms with van der Waals surface area (Å²) in [6, 6.07) is 23.0. The minimum Gasteiger partial charge on any atom is -0.322 e. The summed E-state index contributed by atoms with van der Waals surface area (Å²) in [6.07, 6.45) is 1.87. The summed E-state index contributed by atoms with van der Waals surface area (Å²) in [5, 5.41) is 2.98. The maximum atomic E-state index is 13.8. The SMILES string of the molecule is Cc1cccc(NC(=O)c2ccccc2N2C(=O)[C@@H]3[C@@H]4C[C@@H]([C@@H]3C2=O)[C@H](c2ccccc2)C4)c1C. The van der Waals surface area contributed by atoms with E-state index in [0.29, 0.717) is 17.2 Å². The third kappa shape index (κ3) is 3.33. The van der Waals surface area contributed by atoms with Crippen molar-refractivity contribution in [3.05, 3.63) is 95.1 Å². The molecule has 2 saturated carbocycles. The van der Waals surface area contributed by atoms with Gasteiger partial charge >= 0.3 is 0 Å². The highest BCUT2D eigenvalue weighted by atomic mass is 16.2. The number of hydrogen-bond donors (Lipinski definition) is 1. The number of benzene rings is 3. The van der Waals surface area contributed by atoms with Gasteiger partial charge in [-0.05, 0) is 79.3 Å². The maximum absolute atomic E-state index is 13.8. The minimum absolute atomic E-state index is 0.147. The molecule has 1 saturated heterocycles. The molecule has 3 aliphatic rings. The first-order valence-corrected chi connectivity index (χ1v) is 12.3. The van der Waals surface area contributed by atoms with Crippen LogP contribution in [0.15, 0.2) is 72.8 Å². The van der Waals surface area contributed by atoms with E-state index in [4.69, 9.17) is 0 Å².